The molecule has 0 rings (SSSR count). The van der Waals surface area contributed by atoms with Gasteiger partial charge in [0.05, 0.1) is 0 Å². The van der Waals surface area contributed by atoms with Gasteiger partial charge in [0.25, 0.3) is 0 Å². The molecule has 0 amide bonds. The van der Waals surface area contributed by atoms with Crippen molar-refractivity contribution in [1.82, 2.24) is 0 Å². The average Bonchev–Trinajstić information content (AvgIpc) is 1.00. The molecule has 0 unspecified atom stereocenters. The molecule has 0 aromatic carbocycles. The molecule has 0 saturated heterocycles. The fourth-order valence-corrected chi connectivity index (χ4v) is 0. The molecule has 0 bridgehead atoms. The van der Waals surface area contributed by atoms with E-state index < -0.39 is 0 Å². The minimum absolute atomic E-state index is 0. The molecule has 0 N–H and O–H groups in total. The van der Waals surface area contributed by atoms with E-state index in [-0.39, 0.29) is 61.5 Å². The van der Waals surface area contributed by atoms with Crippen LogP contribution in [0.15, 0.2) is 0 Å². The summed E-state index contributed by atoms with van der Waals surface area (Å²) in [6, 6.07) is 0. The molecule has 0 spiro atoms. The van der Waals surface area contributed by atoms with Gasteiger partial charge in [0.15, 0.2) is 0 Å². The van der Waals surface area contributed by atoms with Crippen LogP contribution in [-0.4, -0.2) is 69.6 Å². The molecular weight excluding hydrogens is 77.9 g/mol. The molecule has 0 atom stereocenters. The van der Waals surface area contributed by atoms with Gasteiger partial charge in [-0.3, -0.25) is 0 Å². The zero-order valence-corrected chi connectivity index (χ0v) is 1.38. The summed E-state index contributed by atoms with van der Waals surface area (Å²) in [6.45, 7) is 0. The van der Waals surface area contributed by atoms with Crippen LogP contribution in [0.1, 0.15) is 0 Å². The van der Waals surface area contributed by atoms with Crippen molar-refractivity contribution in [3.63, 3.8) is 0 Å². The topological polar surface area (TPSA) is 0 Å². The van der Waals surface area contributed by atoms with Crippen LogP contribution in [0.2, 0.25) is 0 Å². The number of rotatable bonds is 0. The van der Waals surface area contributed by atoms with Crippen molar-refractivity contribution in [3.05, 3.63) is 0 Å². The van der Waals surface area contributed by atoms with Crippen LogP contribution in [0, 0.1) is 0 Å². The third kappa shape index (κ3) is 9.19. The molecule has 0 fully saturated rings. The van der Waals surface area contributed by atoms with Crippen molar-refractivity contribution >= 4 is 69.6 Å². The Hall–Kier alpha value is 1.80. The van der Waals surface area contributed by atoms with Gasteiger partial charge in [-0.15, -0.1) is 0 Å². The summed E-state index contributed by atoms with van der Waals surface area (Å²) in [5, 5.41) is 0. The monoisotopic (exact) mass is 83.0 g/mol. The molecule has 0 aliphatic carbocycles. The van der Waals surface area contributed by atoms with E-state index in [1.807, 2.05) is 0 Å². The molecule has 0 aliphatic heterocycles. The standard InChI is InChI=1S/BFH2.Be.K.3H/c1-2;;;;;/h1H2;;;;;. The zero-order valence-electron chi connectivity index (χ0n) is 1.38. The van der Waals surface area contributed by atoms with Gasteiger partial charge < -0.3 is 4.32 Å². The van der Waals surface area contributed by atoms with E-state index in [0.29, 0.717) is 8.12 Å². The first-order valence-electron chi connectivity index (χ1n) is 0.378. The Morgan fingerprint density at radius 1 is 1.25 bits per heavy atom. The second-order valence-electron chi connectivity index (χ2n) is 0. The summed E-state index contributed by atoms with van der Waals surface area (Å²) in [6.07, 6.45) is 0. The first-order valence-corrected chi connectivity index (χ1v) is 0.378. The summed E-state index contributed by atoms with van der Waals surface area (Å²) in [5.41, 5.74) is 0. The maximum absolute atomic E-state index is 9.50. The van der Waals surface area contributed by atoms with E-state index in [1.54, 1.807) is 0 Å². The van der Waals surface area contributed by atoms with Crippen molar-refractivity contribution in [1.29, 1.82) is 0 Å². The number of hydrogen-bond acceptors (Lipinski definition) is 0. The maximum atomic E-state index is 9.50. The molecule has 18 valence electrons. The van der Waals surface area contributed by atoms with Gasteiger partial charge >= 0.3 is 69.6 Å². The SMILES string of the molecule is BF.[BeH2].[KH]. The summed E-state index contributed by atoms with van der Waals surface area (Å²) < 4.78 is 9.50. The first kappa shape index (κ1) is 17.0. The van der Waals surface area contributed by atoms with E-state index in [1.165, 1.54) is 0 Å². The van der Waals surface area contributed by atoms with Crippen molar-refractivity contribution in [3.8, 4) is 0 Å². The third-order valence-corrected chi connectivity index (χ3v) is 0. The third-order valence-electron chi connectivity index (χ3n) is 0. The summed E-state index contributed by atoms with van der Waals surface area (Å²) >= 11 is 0. The molecule has 0 aromatic heterocycles. The van der Waals surface area contributed by atoms with E-state index in [2.05, 4.69) is 0 Å². The Labute approximate surface area is 72.6 Å². The predicted molar refractivity (Wildman–Crippen MR) is 25.3 cm³/mol. The van der Waals surface area contributed by atoms with Crippen molar-refractivity contribution in [2.24, 2.45) is 0 Å². The Bertz CT molecular complexity index is 8.00. The van der Waals surface area contributed by atoms with E-state index in [0.717, 1.165) is 0 Å². The fraction of sp³-hybridized carbons (Fsp3) is 0. The van der Waals surface area contributed by atoms with Crippen LogP contribution < -0.4 is 0 Å². The predicted octanol–water partition coefficient (Wildman–Crippen LogP) is -2.06. The van der Waals surface area contributed by atoms with E-state index in [4.69, 9.17) is 0 Å². The molecule has 4 heteroatoms. The van der Waals surface area contributed by atoms with Crippen LogP contribution in [0.4, 0.5) is 4.32 Å². The molecule has 0 saturated carbocycles. The second-order valence-corrected chi connectivity index (χ2v) is 0. The van der Waals surface area contributed by atoms with Crippen LogP contribution in [0.3, 0.4) is 0 Å². The average molecular weight is 83.0 g/mol. The quantitative estimate of drug-likeness (QED) is 0.295. The van der Waals surface area contributed by atoms with Crippen molar-refractivity contribution < 1.29 is 4.32 Å². The summed E-state index contributed by atoms with van der Waals surface area (Å²) in [5.74, 6) is 0. The van der Waals surface area contributed by atoms with Crippen molar-refractivity contribution in [2.75, 3.05) is 0 Å². The molecule has 0 radical (unpaired) electrons. The first-order chi connectivity index (χ1) is 1.00. The molecule has 0 heterocycles. The van der Waals surface area contributed by atoms with Crippen molar-refractivity contribution in [2.45, 2.75) is 0 Å². The van der Waals surface area contributed by atoms with Gasteiger partial charge in [-0.2, -0.15) is 0 Å². The van der Waals surface area contributed by atoms with E-state index in [9.17, 15) is 4.32 Å². The fourth-order valence-electron chi connectivity index (χ4n) is 0. The summed E-state index contributed by atoms with van der Waals surface area (Å²) in [7, 11) is 0.500. The van der Waals surface area contributed by atoms with Gasteiger partial charge in [0, 0.05) is 0 Å². The minimum atomic E-state index is 0. The van der Waals surface area contributed by atoms with Gasteiger partial charge in [0.2, 0.25) is 0 Å². The molecule has 0 aliphatic rings. The van der Waals surface area contributed by atoms with Crippen LogP contribution in [0.5, 0.6) is 0 Å². The molecule has 0 aromatic rings. The van der Waals surface area contributed by atoms with Crippen LogP contribution >= 0.6 is 0 Å². The van der Waals surface area contributed by atoms with Crippen LogP contribution in [0.25, 0.3) is 0 Å². The molecule has 4 heavy (non-hydrogen) atoms. The van der Waals surface area contributed by atoms with E-state index >= 15 is 0 Å². The summed E-state index contributed by atoms with van der Waals surface area (Å²) in [4.78, 5) is 0. The Morgan fingerprint density at radius 2 is 1.25 bits per heavy atom. The Kier molecular flexibility index (Phi) is 91.2. The number of hydrogen-bond donors (Lipinski definition) is 0. The Balaban J connectivity index is -0.00000000500. The second kappa shape index (κ2) is 21.4. The van der Waals surface area contributed by atoms with Gasteiger partial charge in [-0.05, 0) is 0 Å². The van der Waals surface area contributed by atoms with Crippen LogP contribution in [-0.2, 0) is 0 Å². The normalized spacial score (nSPS) is 1.25. The molecular formula is H5BBeFK. The Morgan fingerprint density at radius 3 is 1.25 bits per heavy atom. The zero-order chi connectivity index (χ0) is 2.00. The van der Waals surface area contributed by atoms with Gasteiger partial charge in [-0.1, -0.05) is 0 Å². The van der Waals surface area contributed by atoms with Gasteiger partial charge in [-0.25, -0.2) is 0 Å². The van der Waals surface area contributed by atoms with Gasteiger partial charge in [0.1, 0.15) is 0 Å². The number of halogens is 1. The molecule has 0 nitrogen and oxygen atoms in total.